The van der Waals surface area contributed by atoms with Crippen LogP contribution in [0.2, 0.25) is 0 Å². The van der Waals surface area contributed by atoms with Crippen molar-refractivity contribution in [3.8, 4) is 11.5 Å². The van der Waals surface area contributed by atoms with Gasteiger partial charge in [-0.3, -0.25) is 14.5 Å². The Bertz CT molecular complexity index is 1500. The third-order valence-electron chi connectivity index (χ3n) is 5.80. The Morgan fingerprint density at radius 1 is 1.16 bits per heavy atom. The molecule has 1 aliphatic heterocycles. The van der Waals surface area contributed by atoms with Crippen molar-refractivity contribution >= 4 is 39.9 Å². The van der Waals surface area contributed by atoms with Crippen LogP contribution in [0.4, 0.5) is 5.13 Å². The van der Waals surface area contributed by atoms with Gasteiger partial charge in [0.15, 0.2) is 27.4 Å². The Labute approximate surface area is 220 Å². The molecule has 4 aromatic rings. The number of hydrogen-bond donors (Lipinski definition) is 2. The van der Waals surface area contributed by atoms with Crippen LogP contribution in [0.3, 0.4) is 0 Å². The number of aromatic nitrogens is 2. The zero-order valence-electron chi connectivity index (χ0n) is 19.7. The van der Waals surface area contributed by atoms with E-state index in [9.17, 15) is 19.8 Å². The molecule has 2 aromatic carbocycles. The van der Waals surface area contributed by atoms with E-state index in [4.69, 9.17) is 9.15 Å². The lowest BCUT2D eigenvalue weighted by atomic mass is 9.95. The highest BCUT2D eigenvalue weighted by Crippen LogP contribution is 2.45. The quantitative estimate of drug-likeness (QED) is 0.177. The molecule has 2 aromatic heterocycles. The van der Waals surface area contributed by atoms with Crippen molar-refractivity contribution in [1.82, 2.24) is 10.2 Å². The molecule has 0 radical (unpaired) electrons. The molecule has 1 aliphatic rings. The highest BCUT2D eigenvalue weighted by atomic mass is 32.2. The van der Waals surface area contributed by atoms with Gasteiger partial charge in [-0.1, -0.05) is 59.0 Å². The van der Waals surface area contributed by atoms with Gasteiger partial charge in [-0.05, 0) is 42.3 Å². The molecule has 0 bridgehead atoms. The summed E-state index contributed by atoms with van der Waals surface area (Å²) in [5.41, 5.74) is 2.54. The van der Waals surface area contributed by atoms with Crippen LogP contribution in [-0.4, -0.2) is 39.2 Å². The summed E-state index contributed by atoms with van der Waals surface area (Å²) in [6, 6.07) is 14.5. The molecule has 3 heterocycles. The Morgan fingerprint density at radius 2 is 1.95 bits per heavy atom. The van der Waals surface area contributed by atoms with Gasteiger partial charge in [0.05, 0.1) is 25.0 Å². The number of ether oxygens (including phenoxy) is 1. The van der Waals surface area contributed by atoms with Gasteiger partial charge >= 0.3 is 0 Å². The standard InChI is InChI=1S/C26H21N3O6S2/c1-14-5-7-15(8-6-14)13-36-26-28-27-25(37-26)29-21(16-9-10-17(30)19(12-16)34-2)20(23(32)24(29)33)22(31)18-4-3-11-35-18/h3-12,21,30,32H,13H2,1-2H3. The number of carbonyl (C=O) groups is 2. The number of benzene rings is 2. The monoisotopic (exact) mass is 535 g/mol. The van der Waals surface area contributed by atoms with E-state index in [0.717, 1.165) is 5.56 Å². The predicted molar refractivity (Wildman–Crippen MR) is 138 cm³/mol. The maximum absolute atomic E-state index is 13.3. The van der Waals surface area contributed by atoms with Crippen molar-refractivity contribution in [2.75, 3.05) is 12.0 Å². The van der Waals surface area contributed by atoms with Crippen molar-refractivity contribution < 1.29 is 29.0 Å². The second kappa shape index (κ2) is 10.1. The second-order valence-corrected chi connectivity index (χ2v) is 10.4. The van der Waals surface area contributed by atoms with Crippen LogP contribution in [0.5, 0.6) is 11.5 Å². The summed E-state index contributed by atoms with van der Waals surface area (Å²) in [5, 5.41) is 29.6. The van der Waals surface area contributed by atoms with Crippen LogP contribution in [0.1, 0.15) is 33.3 Å². The molecule has 0 fully saturated rings. The fraction of sp³-hybridized carbons (Fsp3) is 0.154. The summed E-state index contributed by atoms with van der Waals surface area (Å²) >= 11 is 2.64. The van der Waals surface area contributed by atoms with Gasteiger partial charge in [0.25, 0.3) is 5.91 Å². The van der Waals surface area contributed by atoms with Gasteiger partial charge in [0.2, 0.25) is 10.9 Å². The van der Waals surface area contributed by atoms with E-state index in [0.29, 0.717) is 15.7 Å². The smallest absolute Gasteiger partial charge is 0.296 e. The van der Waals surface area contributed by atoms with Gasteiger partial charge in [0.1, 0.15) is 0 Å². The number of aromatic hydroxyl groups is 1. The number of rotatable bonds is 8. The first kappa shape index (κ1) is 24.6. The average Bonchev–Trinajstić information content (AvgIpc) is 3.65. The number of aliphatic hydroxyl groups is 1. The molecular formula is C26H21N3O6S2. The van der Waals surface area contributed by atoms with Crippen LogP contribution >= 0.6 is 23.1 Å². The number of phenolic OH excluding ortho intramolecular Hbond substituents is 1. The number of amides is 1. The average molecular weight is 536 g/mol. The van der Waals surface area contributed by atoms with Gasteiger partial charge in [-0.25, -0.2) is 0 Å². The van der Waals surface area contributed by atoms with E-state index in [1.54, 1.807) is 12.1 Å². The summed E-state index contributed by atoms with van der Waals surface area (Å²) in [5.74, 6) is -1.48. The molecule has 188 valence electrons. The summed E-state index contributed by atoms with van der Waals surface area (Å²) in [7, 11) is 1.39. The number of Topliss-reactive ketones (excluding diaryl/α,β-unsaturated/α-hetero) is 1. The summed E-state index contributed by atoms with van der Waals surface area (Å²) in [6.45, 7) is 2.02. The van der Waals surface area contributed by atoms with Crippen LogP contribution in [-0.2, 0) is 10.5 Å². The first-order valence-corrected chi connectivity index (χ1v) is 12.9. The van der Waals surface area contributed by atoms with E-state index < -0.39 is 23.5 Å². The molecule has 1 unspecified atom stereocenters. The molecule has 0 saturated heterocycles. The minimum absolute atomic E-state index is 0.0291. The number of furan rings is 1. The van der Waals surface area contributed by atoms with E-state index >= 15 is 0 Å². The van der Waals surface area contributed by atoms with Gasteiger partial charge < -0.3 is 19.4 Å². The number of anilines is 1. The molecule has 0 spiro atoms. The number of ketones is 1. The maximum Gasteiger partial charge on any atom is 0.296 e. The molecule has 5 rings (SSSR count). The Hall–Kier alpha value is -4.09. The summed E-state index contributed by atoms with van der Waals surface area (Å²) in [6.07, 6.45) is 1.33. The lowest BCUT2D eigenvalue weighted by Gasteiger charge is -2.24. The van der Waals surface area contributed by atoms with Crippen molar-refractivity contribution in [1.29, 1.82) is 0 Å². The minimum atomic E-state index is -1.05. The van der Waals surface area contributed by atoms with E-state index in [-0.39, 0.29) is 28.0 Å². The largest absolute Gasteiger partial charge is 0.504 e. The first-order valence-electron chi connectivity index (χ1n) is 11.1. The topological polar surface area (TPSA) is 126 Å². The van der Waals surface area contributed by atoms with E-state index in [1.807, 2.05) is 31.2 Å². The number of thioether (sulfide) groups is 1. The zero-order chi connectivity index (χ0) is 26.1. The SMILES string of the molecule is COc1cc(C2C(C(=O)c3ccco3)=C(O)C(=O)N2c2nnc(SCc3ccc(C)cc3)s2)ccc1O. The number of methoxy groups -OCH3 is 1. The molecule has 11 heteroatoms. The molecule has 9 nitrogen and oxygen atoms in total. The lowest BCUT2D eigenvalue weighted by molar-refractivity contribution is -0.117. The maximum atomic E-state index is 13.3. The number of carbonyl (C=O) groups excluding carboxylic acids is 2. The molecule has 0 aliphatic carbocycles. The Kier molecular flexibility index (Phi) is 6.72. The van der Waals surface area contributed by atoms with Gasteiger partial charge in [-0.15, -0.1) is 10.2 Å². The fourth-order valence-corrected chi connectivity index (χ4v) is 5.77. The highest BCUT2D eigenvalue weighted by molar-refractivity contribution is 8.00. The number of phenols is 1. The molecule has 1 amide bonds. The molecule has 2 N–H and O–H groups in total. The lowest BCUT2D eigenvalue weighted by Crippen LogP contribution is -2.31. The second-order valence-electron chi connectivity index (χ2n) is 8.20. The molecule has 0 saturated carbocycles. The van der Waals surface area contributed by atoms with Crippen LogP contribution in [0, 0.1) is 6.92 Å². The van der Waals surface area contributed by atoms with Crippen molar-refractivity contribution in [2.24, 2.45) is 0 Å². The normalized spacial score (nSPS) is 15.5. The molecular weight excluding hydrogens is 514 g/mol. The summed E-state index contributed by atoms with van der Waals surface area (Å²) in [4.78, 5) is 27.9. The van der Waals surface area contributed by atoms with Crippen LogP contribution in [0.25, 0.3) is 0 Å². The van der Waals surface area contributed by atoms with Gasteiger partial charge in [0, 0.05) is 5.75 Å². The third-order valence-corrected chi connectivity index (χ3v) is 7.93. The zero-order valence-corrected chi connectivity index (χ0v) is 21.4. The van der Waals surface area contributed by atoms with Crippen LogP contribution in [0.15, 0.2) is 80.9 Å². The fourth-order valence-electron chi connectivity index (χ4n) is 3.94. The van der Waals surface area contributed by atoms with Gasteiger partial charge in [-0.2, -0.15) is 0 Å². The predicted octanol–water partition coefficient (Wildman–Crippen LogP) is 5.23. The number of hydrogen-bond acceptors (Lipinski definition) is 10. The van der Waals surface area contributed by atoms with Crippen molar-refractivity contribution in [3.05, 3.63) is 94.6 Å². The Balaban J connectivity index is 1.51. The molecule has 37 heavy (non-hydrogen) atoms. The highest BCUT2D eigenvalue weighted by Gasteiger charge is 2.47. The molecule has 1 atom stereocenters. The van der Waals surface area contributed by atoms with Crippen LogP contribution < -0.4 is 9.64 Å². The van der Waals surface area contributed by atoms with Crippen molar-refractivity contribution in [2.45, 2.75) is 23.1 Å². The third kappa shape index (κ3) is 4.70. The Morgan fingerprint density at radius 3 is 2.65 bits per heavy atom. The first-order chi connectivity index (χ1) is 17.9. The summed E-state index contributed by atoms with van der Waals surface area (Å²) < 4.78 is 11.1. The van der Waals surface area contributed by atoms with Crippen molar-refractivity contribution in [3.63, 3.8) is 0 Å². The number of aryl methyl sites for hydroxylation is 1. The van der Waals surface area contributed by atoms with E-state index in [2.05, 4.69) is 10.2 Å². The van der Waals surface area contributed by atoms with E-state index in [1.165, 1.54) is 65.1 Å². The number of aliphatic hydroxyl groups excluding tert-OH is 1. The number of nitrogens with zero attached hydrogens (tertiary/aromatic N) is 3. The minimum Gasteiger partial charge on any atom is -0.504 e.